The number of benzene rings is 1. The van der Waals surface area contributed by atoms with Crippen LogP contribution in [-0.4, -0.2) is 64.6 Å². The lowest BCUT2D eigenvalue weighted by Gasteiger charge is -2.42. The molecule has 0 spiro atoms. The largest absolute Gasteiger partial charge is 0.465 e. The first-order valence-corrected chi connectivity index (χ1v) is 9.79. The maximum Gasteiger partial charge on any atom is 0.407 e. The normalized spacial score (nSPS) is 27.3. The second kappa shape index (κ2) is 6.81. The summed E-state index contributed by atoms with van der Waals surface area (Å²) in [5.74, 6) is 0. The number of anilines is 1. The maximum absolute atomic E-state index is 11.9. The first-order chi connectivity index (χ1) is 11.8. The Morgan fingerprint density at radius 1 is 1.24 bits per heavy atom. The van der Waals surface area contributed by atoms with Gasteiger partial charge in [-0.15, -0.1) is 0 Å². The summed E-state index contributed by atoms with van der Waals surface area (Å²) in [6.07, 6.45) is 1.79. The van der Waals surface area contributed by atoms with Crippen LogP contribution in [0.15, 0.2) is 30.3 Å². The van der Waals surface area contributed by atoms with Gasteiger partial charge in [0, 0.05) is 23.8 Å². The van der Waals surface area contributed by atoms with E-state index in [1.54, 1.807) is 36.2 Å². The average Bonchev–Trinajstić information content (AvgIpc) is 2.82. The average molecular weight is 369 g/mol. The summed E-state index contributed by atoms with van der Waals surface area (Å²) in [5, 5.41) is 12.2. The summed E-state index contributed by atoms with van der Waals surface area (Å²) in [5.41, 5.74) is -0.696. The SMILES string of the molecule is CN(C1CC2CCC(C1)N2C(=O)O)C(Nc1ccccc1)S(=O)(=O)O. The van der Waals surface area contributed by atoms with Gasteiger partial charge in [-0.2, -0.15) is 8.42 Å². The number of hydrogen-bond acceptors (Lipinski definition) is 5. The van der Waals surface area contributed by atoms with Crippen molar-refractivity contribution in [3.05, 3.63) is 30.3 Å². The van der Waals surface area contributed by atoms with Crippen LogP contribution in [0.4, 0.5) is 10.5 Å². The van der Waals surface area contributed by atoms with E-state index in [1.807, 2.05) is 6.07 Å². The Balaban J connectivity index is 1.77. The molecule has 0 saturated carbocycles. The predicted molar refractivity (Wildman–Crippen MR) is 92.9 cm³/mol. The Kier molecular flexibility index (Phi) is 4.90. The molecule has 3 rings (SSSR count). The van der Waals surface area contributed by atoms with Gasteiger partial charge in [0.15, 0.2) is 0 Å². The topological polar surface area (TPSA) is 110 Å². The van der Waals surface area contributed by atoms with E-state index >= 15 is 0 Å². The van der Waals surface area contributed by atoms with Gasteiger partial charge in [-0.3, -0.25) is 9.45 Å². The third-order valence-electron chi connectivity index (χ3n) is 5.22. The molecular weight excluding hydrogens is 346 g/mol. The first-order valence-electron chi connectivity index (χ1n) is 8.28. The molecule has 8 nitrogen and oxygen atoms in total. The molecule has 2 saturated heterocycles. The second-order valence-corrected chi connectivity index (χ2v) is 8.22. The van der Waals surface area contributed by atoms with Gasteiger partial charge in [0.25, 0.3) is 0 Å². The van der Waals surface area contributed by atoms with E-state index in [9.17, 15) is 22.9 Å². The van der Waals surface area contributed by atoms with Crippen LogP contribution in [0.1, 0.15) is 25.7 Å². The minimum Gasteiger partial charge on any atom is -0.465 e. The van der Waals surface area contributed by atoms with Gasteiger partial charge >= 0.3 is 16.2 Å². The molecule has 2 bridgehead atoms. The van der Waals surface area contributed by atoms with Gasteiger partial charge in [0.05, 0.1) is 0 Å². The Morgan fingerprint density at radius 3 is 2.28 bits per heavy atom. The van der Waals surface area contributed by atoms with Crippen LogP contribution in [0.5, 0.6) is 0 Å². The van der Waals surface area contributed by atoms with Crippen LogP contribution in [-0.2, 0) is 10.1 Å². The van der Waals surface area contributed by atoms with Gasteiger partial charge < -0.3 is 15.3 Å². The fourth-order valence-corrected chi connectivity index (χ4v) is 4.93. The van der Waals surface area contributed by atoms with E-state index in [0.29, 0.717) is 18.5 Å². The fourth-order valence-electron chi connectivity index (χ4n) is 4.05. The summed E-state index contributed by atoms with van der Waals surface area (Å²) >= 11 is 0. The van der Waals surface area contributed by atoms with Crippen molar-refractivity contribution in [3.63, 3.8) is 0 Å². The number of para-hydroxylation sites is 1. The molecule has 2 heterocycles. The van der Waals surface area contributed by atoms with Gasteiger partial charge in [0.1, 0.15) is 0 Å². The molecule has 138 valence electrons. The highest BCUT2D eigenvalue weighted by atomic mass is 32.2. The maximum atomic E-state index is 11.9. The van der Waals surface area contributed by atoms with Crippen molar-refractivity contribution in [2.45, 2.75) is 49.3 Å². The Morgan fingerprint density at radius 2 is 1.80 bits per heavy atom. The minimum atomic E-state index is -4.37. The quantitative estimate of drug-likeness (QED) is 0.537. The van der Waals surface area contributed by atoms with E-state index in [-0.39, 0.29) is 18.1 Å². The van der Waals surface area contributed by atoms with Crippen LogP contribution >= 0.6 is 0 Å². The monoisotopic (exact) mass is 369 g/mol. The molecule has 2 fully saturated rings. The summed E-state index contributed by atoms with van der Waals surface area (Å²) in [6, 6.07) is 8.49. The van der Waals surface area contributed by atoms with E-state index in [0.717, 1.165) is 12.8 Å². The molecule has 0 aromatic heterocycles. The van der Waals surface area contributed by atoms with Crippen LogP contribution in [0.2, 0.25) is 0 Å². The van der Waals surface area contributed by atoms with Crippen LogP contribution in [0.3, 0.4) is 0 Å². The van der Waals surface area contributed by atoms with Crippen molar-refractivity contribution in [2.24, 2.45) is 0 Å². The molecule has 1 amide bonds. The number of nitrogens with one attached hydrogen (secondary N) is 1. The van der Waals surface area contributed by atoms with Crippen LogP contribution in [0.25, 0.3) is 0 Å². The zero-order chi connectivity index (χ0) is 18.2. The van der Waals surface area contributed by atoms with Crippen LogP contribution in [0, 0.1) is 0 Å². The zero-order valence-corrected chi connectivity index (χ0v) is 14.8. The van der Waals surface area contributed by atoms with Gasteiger partial charge in [-0.05, 0) is 44.9 Å². The highest BCUT2D eigenvalue weighted by Crippen LogP contribution is 2.38. The van der Waals surface area contributed by atoms with Crippen molar-refractivity contribution in [3.8, 4) is 0 Å². The van der Waals surface area contributed by atoms with E-state index < -0.39 is 21.7 Å². The number of nitrogens with zero attached hydrogens (tertiary/aromatic N) is 2. The van der Waals surface area contributed by atoms with E-state index in [1.165, 1.54) is 4.90 Å². The lowest BCUT2D eigenvalue weighted by Crippen LogP contribution is -2.56. The number of fused-ring (bicyclic) bond motifs is 2. The second-order valence-electron chi connectivity index (χ2n) is 6.74. The van der Waals surface area contributed by atoms with Crippen molar-refractivity contribution >= 4 is 21.9 Å². The summed E-state index contributed by atoms with van der Waals surface area (Å²) in [6.45, 7) is 0. The number of amides is 1. The number of piperidine rings is 1. The Labute approximate surface area is 147 Å². The smallest absolute Gasteiger partial charge is 0.407 e. The number of hydrogen-bond donors (Lipinski definition) is 3. The number of carbonyl (C=O) groups is 1. The van der Waals surface area contributed by atoms with Crippen molar-refractivity contribution in [1.82, 2.24) is 9.80 Å². The van der Waals surface area contributed by atoms with Crippen molar-refractivity contribution in [1.29, 1.82) is 0 Å². The van der Waals surface area contributed by atoms with E-state index in [4.69, 9.17) is 0 Å². The summed E-state index contributed by atoms with van der Waals surface area (Å²) in [4.78, 5) is 14.5. The molecule has 2 aliphatic rings. The molecule has 3 N–H and O–H groups in total. The van der Waals surface area contributed by atoms with Gasteiger partial charge in [0.2, 0.25) is 5.50 Å². The molecule has 3 atom stereocenters. The highest BCUT2D eigenvalue weighted by Gasteiger charge is 2.46. The number of rotatable bonds is 5. The first kappa shape index (κ1) is 18.0. The predicted octanol–water partition coefficient (Wildman–Crippen LogP) is 1.88. The van der Waals surface area contributed by atoms with Gasteiger partial charge in [-0.25, -0.2) is 4.79 Å². The summed E-state index contributed by atoms with van der Waals surface area (Å²) in [7, 11) is -2.72. The molecule has 1 aromatic carbocycles. The van der Waals surface area contributed by atoms with Crippen molar-refractivity contribution < 1.29 is 22.9 Å². The Bertz CT molecular complexity index is 713. The standard InChI is InChI=1S/C16H23N3O5S/c1-18(14-9-12-7-8-13(10-14)19(12)16(20)21)15(25(22,23)24)17-11-5-3-2-4-6-11/h2-6,12-15,17H,7-10H2,1H3,(H,20,21)(H,22,23,24). The molecule has 0 radical (unpaired) electrons. The van der Waals surface area contributed by atoms with E-state index in [2.05, 4.69) is 5.32 Å². The number of carboxylic acid groups (broad SMARTS) is 1. The third-order valence-corrected chi connectivity index (χ3v) is 6.24. The molecule has 25 heavy (non-hydrogen) atoms. The molecular formula is C16H23N3O5S. The lowest BCUT2D eigenvalue weighted by molar-refractivity contribution is 0.0626. The van der Waals surface area contributed by atoms with Crippen LogP contribution < -0.4 is 5.32 Å². The Hall–Kier alpha value is -1.84. The third kappa shape index (κ3) is 3.73. The fraction of sp³-hybridized carbons (Fsp3) is 0.562. The molecule has 9 heteroatoms. The molecule has 2 aliphatic heterocycles. The van der Waals surface area contributed by atoms with Crippen molar-refractivity contribution in [2.75, 3.05) is 12.4 Å². The molecule has 0 aliphatic carbocycles. The zero-order valence-electron chi connectivity index (χ0n) is 13.9. The minimum absolute atomic E-state index is 0.0949. The summed E-state index contributed by atoms with van der Waals surface area (Å²) < 4.78 is 33.5. The molecule has 3 unspecified atom stereocenters. The highest BCUT2D eigenvalue weighted by molar-refractivity contribution is 7.86. The molecule has 1 aromatic rings. The van der Waals surface area contributed by atoms with Gasteiger partial charge in [-0.1, -0.05) is 18.2 Å². The lowest BCUT2D eigenvalue weighted by atomic mass is 9.97.